The molecule has 0 aliphatic heterocycles. The van der Waals surface area contributed by atoms with E-state index in [1.54, 1.807) is 6.92 Å². The summed E-state index contributed by atoms with van der Waals surface area (Å²) in [6.45, 7) is 7.04. The van der Waals surface area contributed by atoms with Gasteiger partial charge in [0.25, 0.3) is 0 Å². The normalized spacial score (nSPS) is 9.58. The molecule has 0 saturated carbocycles. The van der Waals surface area contributed by atoms with Crippen molar-refractivity contribution in [3.63, 3.8) is 0 Å². The average Bonchev–Trinajstić information content (AvgIpc) is 2.06. The van der Waals surface area contributed by atoms with Crippen molar-refractivity contribution < 1.29 is 14.4 Å². The zero-order valence-corrected chi connectivity index (χ0v) is 8.00. The summed E-state index contributed by atoms with van der Waals surface area (Å²) >= 11 is 0. The zero-order chi connectivity index (χ0) is 9.40. The summed E-state index contributed by atoms with van der Waals surface area (Å²) in [6, 6.07) is 0. The van der Waals surface area contributed by atoms with E-state index in [1.165, 1.54) is 5.06 Å². The number of hydroxylamine groups is 2. The predicted octanol–water partition coefficient (Wildman–Crippen LogP) is 1.81. The van der Waals surface area contributed by atoms with Gasteiger partial charge in [0.15, 0.2) is 0 Å². The number of hydrogen-bond donors (Lipinski definition) is 0. The highest BCUT2D eigenvalue weighted by atomic mass is 16.7. The van der Waals surface area contributed by atoms with Crippen molar-refractivity contribution in [2.24, 2.45) is 0 Å². The molecule has 0 bridgehead atoms. The summed E-state index contributed by atoms with van der Waals surface area (Å²) in [5.74, 6) is 0. The third-order valence-corrected chi connectivity index (χ3v) is 1.21. The fourth-order valence-corrected chi connectivity index (χ4v) is 0.670. The van der Waals surface area contributed by atoms with Crippen LogP contribution in [0.2, 0.25) is 0 Å². The maximum absolute atomic E-state index is 11.1. The van der Waals surface area contributed by atoms with Gasteiger partial charge in [-0.15, -0.1) is 0 Å². The fourth-order valence-electron chi connectivity index (χ4n) is 0.670. The van der Waals surface area contributed by atoms with E-state index >= 15 is 0 Å². The number of nitrogens with zero attached hydrogens (tertiary/aromatic N) is 1. The average molecular weight is 175 g/mol. The van der Waals surface area contributed by atoms with E-state index < -0.39 is 6.09 Å². The molecule has 0 unspecified atom stereocenters. The Morgan fingerprint density at radius 3 is 2.42 bits per heavy atom. The molecule has 72 valence electrons. The molecule has 12 heavy (non-hydrogen) atoms. The third-order valence-electron chi connectivity index (χ3n) is 1.21. The van der Waals surface area contributed by atoms with Crippen LogP contribution in [-0.4, -0.2) is 30.9 Å². The fraction of sp³-hybridized carbons (Fsp3) is 0.875. The van der Waals surface area contributed by atoms with E-state index in [0.717, 1.165) is 6.42 Å². The van der Waals surface area contributed by atoms with Gasteiger partial charge in [0, 0.05) is 6.54 Å². The van der Waals surface area contributed by atoms with Crippen LogP contribution in [0.25, 0.3) is 0 Å². The third kappa shape index (κ3) is 4.18. The molecule has 0 spiro atoms. The lowest BCUT2D eigenvalue weighted by molar-refractivity contribution is -0.133. The van der Waals surface area contributed by atoms with E-state index in [0.29, 0.717) is 19.8 Å². The molecule has 0 aromatic rings. The van der Waals surface area contributed by atoms with Gasteiger partial charge in [0.05, 0.1) is 13.2 Å². The SMILES string of the molecule is CCCON(CC)C(=O)OCC. The second-order valence-corrected chi connectivity index (χ2v) is 2.23. The van der Waals surface area contributed by atoms with Crippen LogP contribution in [-0.2, 0) is 9.57 Å². The van der Waals surface area contributed by atoms with Crippen molar-refractivity contribution >= 4 is 6.09 Å². The molecule has 0 aromatic carbocycles. The Kier molecular flexibility index (Phi) is 6.47. The summed E-state index contributed by atoms with van der Waals surface area (Å²) in [7, 11) is 0. The lowest BCUT2D eigenvalue weighted by Gasteiger charge is -2.18. The topological polar surface area (TPSA) is 38.8 Å². The first-order chi connectivity index (χ1) is 5.76. The van der Waals surface area contributed by atoms with Crippen molar-refractivity contribution in [3.05, 3.63) is 0 Å². The van der Waals surface area contributed by atoms with E-state index in [9.17, 15) is 4.79 Å². The number of ether oxygens (including phenoxy) is 1. The molecule has 1 amide bonds. The molecule has 0 heterocycles. The lowest BCUT2D eigenvalue weighted by Crippen LogP contribution is -2.31. The second kappa shape index (κ2) is 6.91. The molecule has 0 rings (SSSR count). The largest absolute Gasteiger partial charge is 0.448 e. The van der Waals surface area contributed by atoms with Crippen LogP contribution in [0.15, 0.2) is 0 Å². The van der Waals surface area contributed by atoms with Gasteiger partial charge in [-0.2, -0.15) is 5.06 Å². The van der Waals surface area contributed by atoms with Crippen LogP contribution in [0.1, 0.15) is 27.2 Å². The Hall–Kier alpha value is -0.770. The maximum atomic E-state index is 11.1. The van der Waals surface area contributed by atoms with Gasteiger partial charge in [-0.05, 0) is 20.3 Å². The van der Waals surface area contributed by atoms with Crippen LogP contribution in [0.5, 0.6) is 0 Å². The molecule has 4 nitrogen and oxygen atoms in total. The first kappa shape index (κ1) is 11.2. The van der Waals surface area contributed by atoms with Crippen molar-refractivity contribution in [2.45, 2.75) is 27.2 Å². The summed E-state index contributed by atoms with van der Waals surface area (Å²) in [5, 5.41) is 1.23. The predicted molar refractivity (Wildman–Crippen MR) is 45.6 cm³/mol. The zero-order valence-electron chi connectivity index (χ0n) is 8.00. The Morgan fingerprint density at radius 2 is 2.00 bits per heavy atom. The first-order valence-electron chi connectivity index (χ1n) is 4.33. The monoisotopic (exact) mass is 175 g/mol. The van der Waals surface area contributed by atoms with Crippen LogP contribution < -0.4 is 0 Å². The van der Waals surface area contributed by atoms with Gasteiger partial charge < -0.3 is 4.74 Å². The molecular weight excluding hydrogens is 158 g/mol. The standard InChI is InChI=1S/C8H17NO3/c1-4-7-12-9(5-2)8(10)11-6-3/h4-7H2,1-3H3. The lowest BCUT2D eigenvalue weighted by atomic mass is 10.5. The summed E-state index contributed by atoms with van der Waals surface area (Å²) in [5.41, 5.74) is 0. The van der Waals surface area contributed by atoms with Crippen molar-refractivity contribution in [2.75, 3.05) is 19.8 Å². The van der Waals surface area contributed by atoms with Gasteiger partial charge in [-0.25, -0.2) is 4.79 Å². The van der Waals surface area contributed by atoms with Crippen molar-refractivity contribution in [3.8, 4) is 0 Å². The highest BCUT2D eigenvalue weighted by Crippen LogP contribution is 1.96. The van der Waals surface area contributed by atoms with Crippen LogP contribution >= 0.6 is 0 Å². The molecule has 0 aliphatic rings. The van der Waals surface area contributed by atoms with Crippen LogP contribution in [0.3, 0.4) is 0 Å². The summed E-state index contributed by atoms with van der Waals surface area (Å²) in [4.78, 5) is 16.2. The smallest absolute Gasteiger partial charge is 0.433 e. The highest BCUT2D eigenvalue weighted by Gasteiger charge is 2.11. The van der Waals surface area contributed by atoms with Gasteiger partial charge in [0.2, 0.25) is 0 Å². The Morgan fingerprint density at radius 1 is 1.33 bits per heavy atom. The Balaban J connectivity index is 3.71. The van der Waals surface area contributed by atoms with Crippen LogP contribution in [0, 0.1) is 0 Å². The van der Waals surface area contributed by atoms with Gasteiger partial charge >= 0.3 is 6.09 Å². The molecule has 0 atom stereocenters. The molecule has 0 aromatic heterocycles. The van der Waals surface area contributed by atoms with Gasteiger partial charge in [-0.3, -0.25) is 4.84 Å². The van der Waals surface area contributed by atoms with Crippen molar-refractivity contribution in [1.29, 1.82) is 0 Å². The quantitative estimate of drug-likeness (QED) is 0.598. The highest BCUT2D eigenvalue weighted by molar-refractivity contribution is 5.66. The minimum Gasteiger partial charge on any atom is -0.448 e. The van der Waals surface area contributed by atoms with E-state index in [1.807, 2.05) is 13.8 Å². The van der Waals surface area contributed by atoms with E-state index in [4.69, 9.17) is 9.57 Å². The molecule has 0 radical (unpaired) electrons. The number of rotatable bonds is 5. The molecule has 0 aliphatic carbocycles. The van der Waals surface area contributed by atoms with Crippen molar-refractivity contribution in [1.82, 2.24) is 5.06 Å². The molecule has 0 saturated heterocycles. The maximum Gasteiger partial charge on any atom is 0.433 e. The molecule has 0 N–H and O–H groups in total. The number of carbonyl (C=O) groups excluding carboxylic acids is 1. The molecule has 0 fully saturated rings. The minimum absolute atomic E-state index is 0.380. The number of amides is 1. The Labute approximate surface area is 73.4 Å². The minimum atomic E-state index is -0.409. The summed E-state index contributed by atoms with van der Waals surface area (Å²) < 4.78 is 4.75. The van der Waals surface area contributed by atoms with E-state index in [2.05, 4.69) is 0 Å². The van der Waals surface area contributed by atoms with Gasteiger partial charge in [-0.1, -0.05) is 6.92 Å². The Bertz CT molecular complexity index is 127. The molecule has 4 heteroatoms. The van der Waals surface area contributed by atoms with Crippen LogP contribution in [0.4, 0.5) is 4.79 Å². The second-order valence-electron chi connectivity index (χ2n) is 2.23. The summed E-state index contributed by atoms with van der Waals surface area (Å²) in [6.07, 6.45) is 0.476. The molecular formula is C8H17NO3. The van der Waals surface area contributed by atoms with E-state index in [-0.39, 0.29) is 0 Å². The number of hydrogen-bond acceptors (Lipinski definition) is 3. The first-order valence-corrected chi connectivity index (χ1v) is 4.33. The number of carbonyl (C=O) groups is 1. The van der Waals surface area contributed by atoms with Gasteiger partial charge in [0.1, 0.15) is 0 Å².